The van der Waals surface area contributed by atoms with E-state index in [-0.39, 0.29) is 5.54 Å². The van der Waals surface area contributed by atoms with E-state index in [1.54, 1.807) is 0 Å². The maximum Gasteiger partial charge on any atom is 0.0415 e. The lowest BCUT2D eigenvalue weighted by molar-refractivity contribution is 0.291. The molecule has 0 fully saturated rings. The molecule has 0 amide bonds. The van der Waals surface area contributed by atoms with Crippen LogP contribution in [-0.2, 0) is 5.54 Å². The molecule has 1 aromatic carbocycles. The Hall–Kier alpha value is -0.820. The first-order valence-corrected chi connectivity index (χ1v) is 6.41. The van der Waals surface area contributed by atoms with E-state index in [0.29, 0.717) is 11.8 Å². The molecule has 2 unspecified atom stereocenters. The highest BCUT2D eigenvalue weighted by Crippen LogP contribution is 2.42. The third-order valence-corrected chi connectivity index (χ3v) is 3.82. The molecule has 1 nitrogen and oxygen atoms in total. The maximum atomic E-state index is 6.63. The van der Waals surface area contributed by atoms with Gasteiger partial charge in [0.1, 0.15) is 0 Å². The van der Waals surface area contributed by atoms with Gasteiger partial charge in [-0.2, -0.15) is 0 Å². The molecule has 2 rings (SSSR count). The lowest BCUT2D eigenvalue weighted by Crippen LogP contribution is -2.41. The summed E-state index contributed by atoms with van der Waals surface area (Å²) in [7, 11) is 0. The molecule has 0 spiro atoms. The highest BCUT2D eigenvalue weighted by atomic mass is 14.8. The first-order chi connectivity index (χ1) is 7.53. The summed E-state index contributed by atoms with van der Waals surface area (Å²) in [6.07, 6.45) is 3.44. The van der Waals surface area contributed by atoms with Crippen molar-refractivity contribution in [2.45, 2.75) is 51.5 Å². The summed E-state index contributed by atoms with van der Waals surface area (Å²) in [5, 5.41) is 0. The van der Waals surface area contributed by atoms with Crippen LogP contribution in [0.25, 0.3) is 0 Å². The molecular weight excluding hydrogens is 194 g/mol. The van der Waals surface area contributed by atoms with E-state index in [4.69, 9.17) is 5.73 Å². The molecule has 0 radical (unpaired) electrons. The summed E-state index contributed by atoms with van der Waals surface area (Å²) in [5.41, 5.74) is 9.41. The van der Waals surface area contributed by atoms with Crippen molar-refractivity contribution in [1.29, 1.82) is 0 Å². The third-order valence-electron chi connectivity index (χ3n) is 3.82. The molecule has 1 aliphatic carbocycles. The Labute approximate surface area is 99.0 Å². The van der Waals surface area contributed by atoms with Gasteiger partial charge in [0.2, 0.25) is 0 Å². The van der Waals surface area contributed by atoms with Crippen molar-refractivity contribution in [3.63, 3.8) is 0 Å². The summed E-state index contributed by atoms with van der Waals surface area (Å²) in [4.78, 5) is 0. The van der Waals surface area contributed by atoms with E-state index in [2.05, 4.69) is 45.0 Å². The number of rotatable bonds is 2. The number of hydrogen-bond donors (Lipinski definition) is 1. The molecule has 16 heavy (non-hydrogen) atoms. The van der Waals surface area contributed by atoms with E-state index in [9.17, 15) is 0 Å². The second kappa shape index (κ2) is 4.21. The molecule has 0 aliphatic heterocycles. The SMILES string of the molecule is CC(C)CC1(N)CCC(C)c2ccccc21. The van der Waals surface area contributed by atoms with Crippen LogP contribution in [0.3, 0.4) is 0 Å². The van der Waals surface area contributed by atoms with Crippen LogP contribution in [0.1, 0.15) is 57.1 Å². The Morgan fingerprint density at radius 1 is 1.38 bits per heavy atom. The maximum absolute atomic E-state index is 6.63. The van der Waals surface area contributed by atoms with Crippen LogP contribution in [0, 0.1) is 5.92 Å². The Kier molecular flexibility index (Phi) is 3.07. The molecular formula is C15H23N. The third kappa shape index (κ3) is 2.01. The number of nitrogens with two attached hydrogens (primary N) is 1. The van der Waals surface area contributed by atoms with Crippen LogP contribution in [0.15, 0.2) is 24.3 Å². The molecule has 1 heteroatoms. The lowest BCUT2D eigenvalue weighted by atomic mass is 9.70. The van der Waals surface area contributed by atoms with Crippen molar-refractivity contribution in [1.82, 2.24) is 0 Å². The Morgan fingerprint density at radius 2 is 2.06 bits per heavy atom. The minimum absolute atomic E-state index is 0.0860. The second-order valence-electron chi connectivity index (χ2n) is 5.78. The van der Waals surface area contributed by atoms with Gasteiger partial charge in [-0.25, -0.2) is 0 Å². The minimum Gasteiger partial charge on any atom is -0.321 e. The first-order valence-electron chi connectivity index (χ1n) is 6.41. The Morgan fingerprint density at radius 3 is 2.75 bits per heavy atom. The van der Waals surface area contributed by atoms with Gasteiger partial charge in [-0.05, 0) is 42.2 Å². The zero-order chi connectivity index (χ0) is 11.8. The Balaban J connectivity index is 2.41. The molecule has 88 valence electrons. The van der Waals surface area contributed by atoms with Gasteiger partial charge in [0, 0.05) is 5.54 Å². The largest absolute Gasteiger partial charge is 0.321 e. The summed E-state index contributed by atoms with van der Waals surface area (Å²) in [6.45, 7) is 6.83. The normalized spacial score (nSPS) is 29.2. The van der Waals surface area contributed by atoms with Crippen LogP contribution in [0.5, 0.6) is 0 Å². The summed E-state index contributed by atoms with van der Waals surface area (Å²) in [6, 6.07) is 8.74. The number of benzene rings is 1. The predicted octanol–water partition coefficient (Wildman–Crippen LogP) is 3.78. The van der Waals surface area contributed by atoms with Crippen molar-refractivity contribution < 1.29 is 0 Å². The highest BCUT2D eigenvalue weighted by Gasteiger charge is 2.35. The van der Waals surface area contributed by atoms with Crippen LogP contribution >= 0.6 is 0 Å². The van der Waals surface area contributed by atoms with Gasteiger partial charge < -0.3 is 5.73 Å². The number of hydrogen-bond acceptors (Lipinski definition) is 1. The van der Waals surface area contributed by atoms with E-state index >= 15 is 0 Å². The minimum atomic E-state index is -0.0860. The van der Waals surface area contributed by atoms with Crippen LogP contribution in [0.2, 0.25) is 0 Å². The van der Waals surface area contributed by atoms with Crippen LogP contribution in [-0.4, -0.2) is 0 Å². The van der Waals surface area contributed by atoms with Crippen molar-refractivity contribution in [2.24, 2.45) is 11.7 Å². The van der Waals surface area contributed by atoms with Crippen molar-refractivity contribution in [2.75, 3.05) is 0 Å². The zero-order valence-electron chi connectivity index (χ0n) is 10.7. The quantitative estimate of drug-likeness (QED) is 0.801. The molecule has 0 heterocycles. The number of fused-ring (bicyclic) bond motifs is 1. The molecule has 0 saturated heterocycles. The standard InChI is InChI=1S/C15H23N/c1-11(2)10-15(16)9-8-12(3)13-6-4-5-7-14(13)15/h4-7,11-12H,8-10,16H2,1-3H3. The fraction of sp³-hybridized carbons (Fsp3) is 0.600. The summed E-state index contributed by atoms with van der Waals surface area (Å²) >= 11 is 0. The monoisotopic (exact) mass is 217 g/mol. The highest BCUT2D eigenvalue weighted by molar-refractivity contribution is 5.38. The lowest BCUT2D eigenvalue weighted by Gasteiger charge is -2.39. The molecule has 0 saturated carbocycles. The average Bonchev–Trinajstić information content (AvgIpc) is 2.24. The van der Waals surface area contributed by atoms with Gasteiger partial charge in [0.25, 0.3) is 0 Å². The Bertz CT molecular complexity index is 369. The van der Waals surface area contributed by atoms with Crippen molar-refractivity contribution in [3.05, 3.63) is 35.4 Å². The van der Waals surface area contributed by atoms with Crippen molar-refractivity contribution >= 4 is 0 Å². The topological polar surface area (TPSA) is 26.0 Å². The average molecular weight is 217 g/mol. The fourth-order valence-corrected chi connectivity index (χ4v) is 3.08. The van der Waals surface area contributed by atoms with Gasteiger partial charge in [0.15, 0.2) is 0 Å². The molecule has 1 aromatic rings. The van der Waals surface area contributed by atoms with Crippen molar-refractivity contribution in [3.8, 4) is 0 Å². The van der Waals surface area contributed by atoms with Gasteiger partial charge in [0.05, 0.1) is 0 Å². The summed E-state index contributed by atoms with van der Waals surface area (Å²) < 4.78 is 0. The molecule has 2 N–H and O–H groups in total. The van der Waals surface area contributed by atoms with E-state index in [1.807, 2.05) is 0 Å². The van der Waals surface area contributed by atoms with Gasteiger partial charge in [-0.1, -0.05) is 45.0 Å². The zero-order valence-corrected chi connectivity index (χ0v) is 10.7. The molecule has 0 bridgehead atoms. The van der Waals surface area contributed by atoms with E-state index in [0.717, 1.165) is 12.8 Å². The van der Waals surface area contributed by atoms with Crippen LogP contribution < -0.4 is 5.73 Å². The van der Waals surface area contributed by atoms with Crippen LogP contribution in [0.4, 0.5) is 0 Å². The molecule has 2 atom stereocenters. The smallest absolute Gasteiger partial charge is 0.0415 e. The predicted molar refractivity (Wildman–Crippen MR) is 69.4 cm³/mol. The van der Waals surface area contributed by atoms with E-state index < -0.39 is 0 Å². The van der Waals surface area contributed by atoms with Gasteiger partial charge in [-0.15, -0.1) is 0 Å². The fourth-order valence-electron chi connectivity index (χ4n) is 3.08. The van der Waals surface area contributed by atoms with Gasteiger partial charge in [-0.3, -0.25) is 0 Å². The first kappa shape index (κ1) is 11.7. The second-order valence-corrected chi connectivity index (χ2v) is 5.78. The van der Waals surface area contributed by atoms with Gasteiger partial charge >= 0.3 is 0 Å². The molecule has 1 aliphatic rings. The molecule has 0 aromatic heterocycles. The van der Waals surface area contributed by atoms with E-state index in [1.165, 1.54) is 17.5 Å². The summed E-state index contributed by atoms with van der Waals surface area (Å²) in [5.74, 6) is 1.33.